The van der Waals surface area contributed by atoms with Gasteiger partial charge in [-0.05, 0) is 61.0 Å². The van der Waals surface area contributed by atoms with Gasteiger partial charge in [0.15, 0.2) is 11.5 Å². The fourth-order valence-corrected chi connectivity index (χ4v) is 5.18. The number of ether oxygens (including phenoxy) is 4. The van der Waals surface area contributed by atoms with Crippen molar-refractivity contribution in [1.82, 2.24) is 29.4 Å². The van der Waals surface area contributed by atoms with Crippen molar-refractivity contribution in [3.05, 3.63) is 113 Å². The molecule has 0 saturated heterocycles. The first-order valence-corrected chi connectivity index (χ1v) is 13.1. The zero-order valence-corrected chi connectivity index (χ0v) is 22.7. The molecule has 1 aliphatic heterocycles. The normalized spacial score (nSPS) is 13.8. The van der Waals surface area contributed by atoms with Gasteiger partial charge in [-0.2, -0.15) is 5.10 Å². The molecule has 4 heterocycles. The van der Waals surface area contributed by atoms with Crippen molar-refractivity contribution in [2.75, 3.05) is 14.2 Å². The van der Waals surface area contributed by atoms with Gasteiger partial charge in [0, 0.05) is 0 Å². The summed E-state index contributed by atoms with van der Waals surface area (Å²) in [7, 11) is 3.29. The topological polar surface area (TPSA) is 97.8 Å². The fraction of sp³-hybridized carbons (Fsp3) is 0.161. The van der Waals surface area contributed by atoms with Crippen LogP contribution in [0.5, 0.6) is 29.0 Å². The van der Waals surface area contributed by atoms with Gasteiger partial charge >= 0.3 is 0 Å². The third-order valence-electron chi connectivity index (χ3n) is 7.14. The van der Waals surface area contributed by atoms with Crippen LogP contribution in [0.2, 0.25) is 0 Å². The van der Waals surface area contributed by atoms with Crippen molar-refractivity contribution in [2.24, 2.45) is 0 Å². The van der Waals surface area contributed by atoms with Crippen molar-refractivity contribution in [3.8, 4) is 34.7 Å². The first-order chi connectivity index (χ1) is 20.1. The molecule has 3 aromatic carbocycles. The summed E-state index contributed by atoms with van der Waals surface area (Å²) >= 11 is 0. The van der Waals surface area contributed by atoms with Gasteiger partial charge in [-0.15, -0.1) is 5.10 Å². The van der Waals surface area contributed by atoms with E-state index in [4.69, 9.17) is 29.0 Å². The van der Waals surface area contributed by atoms with Gasteiger partial charge < -0.3 is 18.9 Å². The smallest absolute Gasteiger partial charge is 0.230 e. The highest BCUT2D eigenvalue weighted by atomic mass is 16.5. The number of aromatic nitrogens is 6. The van der Waals surface area contributed by atoms with Crippen LogP contribution < -0.4 is 18.9 Å². The molecule has 0 radical (unpaired) electrons. The Balaban J connectivity index is 1.34. The second-order valence-corrected chi connectivity index (χ2v) is 9.58. The van der Waals surface area contributed by atoms with Crippen LogP contribution in [0.4, 0.5) is 0 Å². The predicted octanol–water partition coefficient (Wildman–Crippen LogP) is 5.50. The average molecular weight is 547 g/mol. The largest absolute Gasteiger partial charge is 0.497 e. The monoisotopic (exact) mass is 546 g/mol. The number of rotatable bonds is 7. The lowest BCUT2D eigenvalue weighted by atomic mass is 9.84. The second kappa shape index (κ2) is 9.98. The minimum absolute atomic E-state index is 0.188. The molecule has 6 aromatic rings. The van der Waals surface area contributed by atoms with Gasteiger partial charge in [-0.1, -0.05) is 30.3 Å². The van der Waals surface area contributed by atoms with Gasteiger partial charge in [0.2, 0.25) is 11.8 Å². The Morgan fingerprint density at radius 2 is 1.49 bits per heavy atom. The lowest BCUT2D eigenvalue weighted by Gasteiger charge is -2.26. The molecule has 1 atom stereocenters. The molecule has 0 bridgehead atoms. The Morgan fingerprint density at radius 1 is 0.805 bits per heavy atom. The molecule has 0 saturated carbocycles. The maximum atomic E-state index is 6.49. The van der Waals surface area contributed by atoms with Crippen LogP contribution in [0.15, 0.2) is 85.2 Å². The van der Waals surface area contributed by atoms with Crippen LogP contribution >= 0.6 is 0 Å². The second-order valence-electron chi connectivity index (χ2n) is 9.58. The first kappa shape index (κ1) is 24.6. The molecular formula is C31H26N6O4. The zero-order chi connectivity index (χ0) is 27.9. The quantitative estimate of drug-likeness (QED) is 0.259. The van der Waals surface area contributed by atoms with E-state index in [-0.39, 0.29) is 12.5 Å². The van der Waals surface area contributed by atoms with Crippen LogP contribution in [-0.2, 0) is 6.61 Å². The number of methoxy groups -OCH3 is 2. The van der Waals surface area contributed by atoms with Crippen molar-refractivity contribution in [2.45, 2.75) is 19.4 Å². The van der Waals surface area contributed by atoms with Crippen molar-refractivity contribution in [1.29, 1.82) is 0 Å². The molecule has 1 aliphatic rings. The lowest BCUT2D eigenvalue weighted by Crippen LogP contribution is -2.16. The molecule has 204 valence electrons. The number of para-hydroxylation sites is 1. The van der Waals surface area contributed by atoms with E-state index in [9.17, 15) is 0 Å². The lowest BCUT2D eigenvalue weighted by molar-refractivity contribution is 0.295. The van der Waals surface area contributed by atoms with Crippen LogP contribution in [0.25, 0.3) is 11.3 Å². The van der Waals surface area contributed by atoms with Crippen molar-refractivity contribution in [3.63, 3.8) is 0 Å². The summed E-state index contributed by atoms with van der Waals surface area (Å²) in [5.74, 6) is 3.57. The number of fused-ring (bicyclic) bond motifs is 4. The number of benzene rings is 3. The summed E-state index contributed by atoms with van der Waals surface area (Å²) in [6.07, 6.45) is 1.62. The fourth-order valence-electron chi connectivity index (χ4n) is 5.18. The molecular weight excluding hydrogens is 520 g/mol. The van der Waals surface area contributed by atoms with Crippen molar-refractivity contribution >= 4 is 5.65 Å². The summed E-state index contributed by atoms with van der Waals surface area (Å²) in [5.41, 5.74) is 5.17. The van der Waals surface area contributed by atoms with Gasteiger partial charge in [-0.3, -0.25) is 0 Å². The van der Waals surface area contributed by atoms with E-state index in [1.54, 1.807) is 25.1 Å². The molecule has 0 aliphatic carbocycles. The molecule has 10 nitrogen and oxygen atoms in total. The number of hydrogen-bond acceptors (Lipinski definition) is 8. The van der Waals surface area contributed by atoms with Crippen LogP contribution in [0.1, 0.15) is 34.1 Å². The molecule has 7 rings (SSSR count). The summed E-state index contributed by atoms with van der Waals surface area (Å²) in [5, 5.41) is 9.54. The third kappa shape index (κ3) is 4.29. The molecule has 0 N–H and O–H groups in total. The van der Waals surface area contributed by atoms with E-state index in [0.29, 0.717) is 29.0 Å². The van der Waals surface area contributed by atoms with Crippen molar-refractivity contribution < 1.29 is 18.9 Å². The standard InChI is InChI=1S/C31H26N6O4/c1-19-26-27(20-9-11-22(38-2)12-10-20)28-29-33-25(17-40-24-15-13-23(39-3)14-16-24)35-36(29)18-32-30(28)41-31(26)37(34-19)21-7-5-4-6-8-21/h4-16,18,27H,17H2,1-3H3/t27-/m1/s1. The highest BCUT2D eigenvalue weighted by molar-refractivity contribution is 5.66. The molecule has 0 spiro atoms. The van der Waals surface area contributed by atoms with Gasteiger partial charge in [0.25, 0.3) is 0 Å². The van der Waals surface area contributed by atoms with Gasteiger partial charge in [0.05, 0.1) is 42.6 Å². The SMILES string of the molecule is COc1ccc(OCc2nc3c4c(ncn3n2)Oc2c(c(C)nn2-c2ccccc2)[C@H]4c2ccc(OC)cc2)cc1. The summed E-state index contributed by atoms with van der Waals surface area (Å²) in [6, 6.07) is 25.3. The number of nitrogens with zero attached hydrogens (tertiary/aromatic N) is 6. The van der Waals surface area contributed by atoms with E-state index in [2.05, 4.69) is 22.2 Å². The van der Waals surface area contributed by atoms with E-state index in [1.807, 2.05) is 78.3 Å². The maximum Gasteiger partial charge on any atom is 0.230 e. The molecule has 41 heavy (non-hydrogen) atoms. The average Bonchev–Trinajstić information content (AvgIpc) is 3.60. The predicted molar refractivity (Wildman–Crippen MR) is 150 cm³/mol. The Morgan fingerprint density at radius 3 is 2.20 bits per heavy atom. The maximum absolute atomic E-state index is 6.49. The molecule has 10 heteroatoms. The van der Waals surface area contributed by atoms with Gasteiger partial charge in [-0.25, -0.2) is 19.2 Å². The van der Waals surface area contributed by atoms with Gasteiger partial charge in [0.1, 0.15) is 30.2 Å². The van der Waals surface area contributed by atoms with E-state index >= 15 is 0 Å². The minimum atomic E-state index is -0.257. The molecule has 0 unspecified atom stereocenters. The highest BCUT2D eigenvalue weighted by Crippen LogP contribution is 2.49. The molecule has 0 amide bonds. The molecule has 0 fully saturated rings. The van der Waals surface area contributed by atoms with Crippen LogP contribution in [0.3, 0.4) is 0 Å². The zero-order valence-electron chi connectivity index (χ0n) is 22.7. The minimum Gasteiger partial charge on any atom is -0.497 e. The van der Waals surface area contributed by atoms with Crippen LogP contribution in [-0.4, -0.2) is 43.6 Å². The van der Waals surface area contributed by atoms with E-state index in [0.717, 1.165) is 39.6 Å². The Labute approximate surface area is 235 Å². The number of hydrogen-bond donors (Lipinski definition) is 0. The summed E-state index contributed by atoms with van der Waals surface area (Å²) < 4.78 is 26.6. The summed E-state index contributed by atoms with van der Waals surface area (Å²) in [6.45, 7) is 2.18. The Kier molecular flexibility index (Phi) is 6.00. The molecule has 3 aromatic heterocycles. The summed E-state index contributed by atoms with van der Waals surface area (Å²) in [4.78, 5) is 9.55. The van der Waals surface area contributed by atoms with Crippen LogP contribution in [0, 0.1) is 6.92 Å². The first-order valence-electron chi connectivity index (χ1n) is 13.1. The van der Waals surface area contributed by atoms with E-state index in [1.165, 1.54) is 0 Å². The van der Waals surface area contributed by atoms with E-state index < -0.39 is 0 Å². The third-order valence-corrected chi connectivity index (χ3v) is 7.14. The number of aryl methyl sites for hydroxylation is 1. The highest BCUT2D eigenvalue weighted by Gasteiger charge is 2.38. The Bertz CT molecular complexity index is 1850. The Hall–Kier alpha value is -5.38.